The Morgan fingerprint density at radius 1 is 1.08 bits per heavy atom. The van der Waals surface area contributed by atoms with Gasteiger partial charge in [0.05, 0.1) is 27.5 Å². The van der Waals surface area contributed by atoms with Crippen molar-refractivity contribution in [3.8, 4) is 0 Å². The number of benzene rings is 1. The number of hydrogen-bond donors (Lipinski definition) is 1. The highest BCUT2D eigenvalue weighted by Gasteiger charge is 2.42. The van der Waals surface area contributed by atoms with Gasteiger partial charge in [-0.1, -0.05) is 30.3 Å². The van der Waals surface area contributed by atoms with Crippen LogP contribution in [0.1, 0.15) is 24.0 Å². The molecule has 3 aromatic heterocycles. The van der Waals surface area contributed by atoms with E-state index in [9.17, 15) is 18.0 Å². The molecule has 0 saturated carbocycles. The number of nitrogens with two attached hydrogens (primary N) is 1. The second-order valence-corrected chi connectivity index (χ2v) is 11.2. The van der Waals surface area contributed by atoms with Gasteiger partial charge in [0, 0.05) is 24.8 Å². The lowest BCUT2D eigenvalue weighted by molar-refractivity contribution is -0.136. The molecule has 2 N–H and O–H groups in total. The number of nitrogens with zero attached hydrogens (tertiary/aromatic N) is 3. The fourth-order valence-electron chi connectivity index (χ4n) is 4.30. The third-order valence-corrected chi connectivity index (χ3v) is 8.96. The number of rotatable bonds is 6. The van der Waals surface area contributed by atoms with Gasteiger partial charge in [-0.3, -0.25) is 19.3 Å². The van der Waals surface area contributed by atoms with Crippen LogP contribution in [-0.4, -0.2) is 35.5 Å². The zero-order valence-corrected chi connectivity index (χ0v) is 21.8. The average molecular weight is 547 g/mol. The molecule has 192 valence electrons. The molecule has 1 aromatic carbocycles. The molecule has 4 heterocycles. The van der Waals surface area contributed by atoms with E-state index in [2.05, 4.69) is 9.97 Å². The molecule has 0 bridgehead atoms. The quantitative estimate of drug-likeness (QED) is 0.361. The monoisotopic (exact) mass is 546 g/mol. The number of allylic oxidation sites excluding steroid dienone is 1. The van der Waals surface area contributed by atoms with Crippen molar-refractivity contribution in [2.24, 2.45) is 5.73 Å². The van der Waals surface area contributed by atoms with Gasteiger partial charge in [-0.05, 0) is 48.4 Å². The van der Waals surface area contributed by atoms with Crippen molar-refractivity contribution in [1.82, 2.24) is 14.5 Å². The number of thiazole rings is 1. The molecule has 0 unspecified atom stereocenters. The zero-order chi connectivity index (χ0) is 26.9. The Hall–Kier alpha value is -4.35. The largest absolute Gasteiger partial charge is 0.463 e. The molecule has 0 spiro atoms. The maximum absolute atomic E-state index is 14.1. The Labute approximate surface area is 221 Å². The summed E-state index contributed by atoms with van der Waals surface area (Å²) in [6.07, 6.45) is 7.82. The first-order chi connectivity index (χ1) is 18.3. The van der Waals surface area contributed by atoms with Crippen LogP contribution in [0.4, 0.5) is 0 Å². The Morgan fingerprint density at radius 3 is 2.42 bits per heavy atom. The van der Waals surface area contributed by atoms with Crippen molar-refractivity contribution in [3.05, 3.63) is 115 Å². The minimum Gasteiger partial charge on any atom is -0.463 e. The summed E-state index contributed by atoms with van der Waals surface area (Å²) in [6, 6.07) is 14.5. The normalized spacial score (nSPS) is 15.9. The van der Waals surface area contributed by atoms with Gasteiger partial charge in [-0.25, -0.2) is 13.2 Å². The third kappa shape index (κ3) is 4.35. The molecular formula is C27H22N4O5S2. The number of fused-ring (bicyclic) bond motifs is 1. The van der Waals surface area contributed by atoms with Crippen LogP contribution in [0.25, 0.3) is 17.5 Å². The van der Waals surface area contributed by atoms with Crippen LogP contribution in [-0.2, 0) is 19.4 Å². The zero-order valence-electron chi connectivity index (χ0n) is 20.1. The molecule has 0 amide bonds. The van der Waals surface area contributed by atoms with E-state index >= 15 is 0 Å². The molecule has 0 aliphatic carbocycles. The highest BCUT2D eigenvalue weighted by molar-refractivity contribution is 7.95. The highest BCUT2D eigenvalue weighted by Crippen LogP contribution is 2.41. The predicted molar refractivity (Wildman–Crippen MR) is 144 cm³/mol. The van der Waals surface area contributed by atoms with Crippen LogP contribution in [0, 0.1) is 0 Å². The van der Waals surface area contributed by atoms with Gasteiger partial charge in [0.15, 0.2) is 0 Å². The van der Waals surface area contributed by atoms with Crippen molar-refractivity contribution >= 4 is 44.6 Å². The molecule has 5 rings (SSSR count). The molecule has 9 nitrogen and oxygen atoms in total. The number of aromatic nitrogens is 3. The summed E-state index contributed by atoms with van der Waals surface area (Å²) in [7, 11) is -4.28. The maximum atomic E-state index is 14.1. The van der Waals surface area contributed by atoms with Gasteiger partial charge in [-0.15, -0.1) is 11.3 Å². The van der Waals surface area contributed by atoms with Crippen LogP contribution >= 0.6 is 11.3 Å². The highest BCUT2D eigenvalue weighted by atomic mass is 32.2. The molecule has 1 atom stereocenters. The second kappa shape index (κ2) is 10.2. The van der Waals surface area contributed by atoms with Gasteiger partial charge in [-0.2, -0.15) is 0 Å². The van der Waals surface area contributed by atoms with Crippen LogP contribution in [0.2, 0.25) is 0 Å². The Balaban J connectivity index is 1.93. The fraction of sp³-hybridized carbons (Fsp3) is 0.111. The number of sulfone groups is 1. The van der Waals surface area contributed by atoms with E-state index in [0.29, 0.717) is 11.1 Å². The summed E-state index contributed by atoms with van der Waals surface area (Å²) < 4.78 is 35.1. The topological polar surface area (TPSA) is 134 Å². The van der Waals surface area contributed by atoms with Gasteiger partial charge in [0.25, 0.3) is 5.56 Å². The van der Waals surface area contributed by atoms with E-state index < -0.39 is 27.3 Å². The first-order valence-corrected chi connectivity index (χ1v) is 13.9. The van der Waals surface area contributed by atoms with Crippen LogP contribution in [0.5, 0.6) is 0 Å². The molecule has 11 heteroatoms. The van der Waals surface area contributed by atoms with E-state index in [1.54, 1.807) is 67.9 Å². The van der Waals surface area contributed by atoms with Crippen molar-refractivity contribution in [2.75, 3.05) is 6.61 Å². The third-order valence-electron chi connectivity index (χ3n) is 5.94. The second-order valence-electron chi connectivity index (χ2n) is 8.26. The summed E-state index contributed by atoms with van der Waals surface area (Å²) in [5.74, 6) is -2.19. The van der Waals surface area contributed by atoms with Gasteiger partial charge < -0.3 is 10.5 Å². The molecule has 0 fully saturated rings. The van der Waals surface area contributed by atoms with Crippen LogP contribution in [0.3, 0.4) is 0 Å². The number of carbonyl (C=O) groups is 1. The summed E-state index contributed by atoms with van der Waals surface area (Å²) in [5.41, 5.74) is 7.06. The molecule has 0 radical (unpaired) electrons. The minimum atomic E-state index is -4.28. The van der Waals surface area contributed by atoms with Gasteiger partial charge >= 0.3 is 5.97 Å². The summed E-state index contributed by atoms with van der Waals surface area (Å²) in [4.78, 5) is 35.0. The number of hydrogen-bond acceptors (Lipinski definition) is 9. The van der Waals surface area contributed by atoms with E-state index in [-0.39, 0.29) is 37.0 Å². The lowest BCUT2D eigenvalue weighted by Crippen LogP contribution is -2.41. The van der Waals surface area contributed by atoms with E-state index in [0.717, 1.165) is 15.9 Å². The van der Waals surface area contributed by atoms with Gasteiger partial charge in [0.2, 0.25) is 9.84 Å². The van der Waals surface area contributed by atoms with Crippen molar-refractivity contribution in [3.63, 3.8) is 0 Å². The number of pyridine rings is 2. The SMILES string of the molecule is CCOC(=O)C1=c2sc(=Cc3cccnc3)c(=O)n2C(N)=C(S(=O)(=O)c2ccccc2)[C@H]1c1cccnc1. The van der Waals surface area contributed by atoms with Crippen molar-refractivity contribution < 1.29 is 17.9 Å². The molecule has 0 saturated heterocycles. The molecule has 4 aromatic rings. The first-order valence-electron chi connectivity index (χ1n) is 11.6. The molecule has 38 heavy (non-hydrogen) atoms. The lowest BCUT2D eigenvalue weighted by atomic mass is 9.90. The molecular weight excluding hydrogens is 524 g/mol. The molecule has 1 aliphatic heterocycles. The summed E-state index contributed by atoms with van der Waals surface area (Å²) in [5, 5.41) is 0. The van der Waals surface area contributed by atoms with E-state index in [1.807, 2.05) is 0 Å². The molecule has 1 aliphatic rings. The number of carbonyl (C=O) groups excluding carboxylic acids is 1. The fourth-order valence-corrected chi connectivity index (χ4v) is 7.17. The van der Waals surface area contributed by atoms with Crippen molar-refractivity contribution in [2.45, 2.75) is 17.7 Å². The Bertz CT molecular complexity index is 1830. The lowest BCUT2D eigenvalue weighted by Gasteiger charge is -2.27. The summed E-state index contributed by atoms with van der Waals surface area (Å²) >= 11 is 1.03. The van der Waals surface area contributed by atoms with Crippen molar-refractivity contribution in [1.29, 1.82) is 0 Å². The van der Waals surface area contributed by atoms with Crippen LogP contribution in [0.15, 0.2) is 94.0 Å². The smallest absolute Gasteiger partial charge is 0.338 e. The van der Waals surface area contributed by atoms with E-state index in [1.165, 1.54) is 24.5 Å². The van der Waals surface area contributed by atoms with Gasteiger partial charge in [0.1, 0.15) is 15.4 Å². The number of ether oxygens (including phenoxy) is 1. The standard InChI is InChI=1S/C27H22N4O5S2/c1-2-36-27(33)22-21(18-9-7-13-30-16-18)23(38(34,35)19-10-4-3-5-11-19)24(28)31-25(32)20(37-26(22)31)14-17-8-6-12-29-15-17/h3-16,21H,2,28H2,1H3/t21-/m0/s1. The first kappa shape index (κ1) is 25.3. The van der Waals surface area contributed by atoms with E-state index in [4.69, 9.17) is 10.5 Å². The average Bonchev–Trinajstić information content (AvgIpc) is 3.25. The maximum Gasteiger partial charge on any atom is 0.338 e. The minimum absolute atomic E-state index is 0.00325. The van der Waals surface area contributed by atoms with Crippen LogP contribution < -0.4 is 20.5 Å². The summed E-state index contributed by atoms with van der Waals surface area (Å²) in [6.45, 7) is 1.70. The number of esters is 1. The Morgan fingerprint density at radius 2 is 1.79 bits per heavy atom. The Kier molecular flexibility index (Phi) is 6.79. The predicted octanol–water partition coefficient (Wildman–Crippen LogP) is 1.60.